The smallest absolute Gasteiger partial charge is 0.241 e. The Balaban J connectivity index is 1.57. The summed E-state index contributed by atoms with van der Waals surface area (Å²) in [5, 5.41) is 2.91. The Bertz CT molecular complexity index is 980. The van der Waals surface area contributed by atoms with Crippen molar-refractivity contribution in [2.24, 2.45) is 5.92 Å². The van der Waals surface area contributed by atoms with Crippen LogP contribution in [-0.2, 0) is 16.1 Å². The molecule has 31 heavy (non-hydrogen) atoms. The molecule has 2 aromatic carbocycles. The van der Waals surface area contributed by atoms with E-state index in [1.807, 2.05) is 31.2 Å². The van der Waals surface area contributed by atoms with Gasteiger partial charge in [-0.3, -0.25) is 9.59 Å². The maximum Gasteiger partial charge on any atom is 0.241 e. The number of anilines is 1. The van der Waals surface area contributed by atoms with E-state index in [-0.39, 0.29) is 29.4 Å². The van der Waals surface area contributed by atoms with Gasteiger partial charge in [-0.2, -0.15) is 0 Å². The quantitative estimate of drug-likeness (QED) is 0.634. The molecule has 0 radical (unpaired) electrons. The maximum absolute atomic E-state index is 13.5. The third-order valence-corrected chi connectivity index (χ3v) is 7.90. The molecule has 2 aromatic rings. The van der Waals surface area contributed by atoms with E-state index in [9.17, 15) is 14.0 Å². The number of hydrogen-bond donors (Lipinski definition) is 1. The molecule has 2 amide bonds. The number of carbonyl (C=O) groups is 2. The second-order valence-corrected chi connectivity index (χ2v) is 9.89. The monoisotopic (exact) mass is 460 g/mol. The SMILES string of the molecule is C[C@@H](C(=O)NC1CCCCC1)[C@@H]1Sc2ccccc2N(Cc2ccc(F)cc2Cl)C1=O. The molecule has 2 atom stereocenters. The van der Waals surface area contributed by atoms with Gasteiger partial charge in [0.05, 0.1) is 18.2 Å². The third-order valence-electron chi connectivity index (χ3n) is 6.08. The first-order chi connectivity index (χ1) is 14.9. The lowest BCUT2D eigenvalue weighted by Gasteiger charge is -2.36. The normalized spacial score (nSPS) is 20.3. The van der Waals surface area contributed by atoms with Crippen LogP contribution in [0.3, 0.4) is 0 Å². The average molecular weight is 461 g/mol. The molecule has 7 heteroatoms. The molecular formula is C24H26ClFN2O2S. The van der Waals surface area contributed by atoms with E-state index in [2.05, 4.69) is 5.32 Å². The molecule has 164 valence electrons. The molecule has 1 aliphatic carbocycles. The van der Waals surface area contributed by atoms with Gasteiger partial charge in [-0.25, -0.2) is 4.39 Å². The summed E-state index contributed by atoms with van der Waals surface area (Å²) in [6.45, 7) is 2.05. The number of thioether (sulfide) groups is 1. The molecule has 1 heterocycles. The molecule has 1 saturated carbocycles. The van der Waals surface area contributed by atoms with Crippen LogP contribution in [0.5, 0.6) is 0 Å². The number of amides is 2. The van der Waals surface area contributed by atoms with Crippen molar-refractivity contribution in [1.82, 2.24) is 5.32 Å². The number of para-hydroxylation sites is 1. The maximum atomic E-state index is 13.5. The van der Waals surface area contributed by atoms with Crippen molar-refractivity contribution >= 4 is 40.9 Å². The molecule has 1 aliphatic heterocycles. The molecule has 4 nitrogen and oxygen atoms in total. The van der Waals surface area contributed by atoms with Crippen LogP contribution in [0, 0.1) is 11.7 Å². The number of hydrogen-bond acceptors (Lipinski definition) is 3. The zero-order valence-corrected chi connectivity index (χ0v) is 19.0. The number of benzene rings is 2. The number of carbonyl (C=O) groups excluding carboxylic acids is 2. The van der Waals surface area contributed by atoms with E-state index in [0.717, 1.165) is 36.3 Å². The fraction of sp³-hybridized carbons (Fsp3) is 0.417. The van der Waals surface area contributed by atoms with Gasteiger partial charge < -0.3 is 10.2 Å². The summed E-state index contributed by atoms with van der Waals surface area (Å²) in [4.78, 5) is 29.1. The van der Waals surface area contributed by atoms with E-state index in [1.165, 1.54) is 30.3 Å². The van der Waals surface area contributed by atoms with Crippen LogP contribution in [0.1, 0.15) is 44.6 Å². The first kappa shape index (κ1) is 22.2. The predicted octanol–water partition coefficient (Wildman–Crippen LogP) is 5.57. The van der Waals surface area contributed by atoms with Gasteiger partial charge in [0.2, 0.25) is 11.8 Å². The van der Waals surface area contributed by atoms with Crippen molar-refractivity contribution in [1.29, 1.82) is 0 Å². The van der Waals surface area contributed by atoms with E-state index in [0.29, 0.717) is 5.56 Å². The minimum Gasteiger partial charge on any atom is -0.353 e. The van der Waals surface area contributed by atoms with Crippen LogP contribution in [0.2, 0.25) is 5.02 Å². The van der Waals surface area contributed by atoms with Crippen molar-refractivity contribution in [3.05, 3.63) is 58.9 Å². The highest BCUT2D eigenvalue weighted by molar-refractivity contribution is 8.01. The molecule has 0 saturated heterocycles. The van der Waals surface area contributed by atoms with Crippen LogP contribution >= 0.6 is 23.4 Å². The van der Waals surface area contributed by atoms with Gasteiger partial charge >= 0.3 is 0 Å². The van der Waals surface area contributed by atoms with E-state index in [1.54, 1.807) is 11.0 Å². The minimum atomic E-state index is -0.530. The fourth-order valence-corrected chi connectivity index (χ4v) is 5.77. The van der Waals surface area contributed by atoms with Gasteiger partial charge in [0.15, 0.2) is 0 Å². The van der Waals surface area contributed by atoms with Crippen LogP contribution in [0.25, 0.3) is 0 Å². The molecule has 1 fully saturated rings. The Morgan fingerprint density at radius 1 is 1.23 bits per heavy atom. The summed E-state index contributed by atoms with van der Waals surface area (Å²) in [6, 6.07) is 12.1. The summed E-state index contributed by atoms with van der Waals surface area (Å²) >= 11 is 7.67. The first-order valence-corrected chi connectivity index (χ1v) is 12.0. The Kier molecular flexibility index (Phi) is 6.87. The Labute approximate surface area is 191 Å². The number of halogens is 2. The molecule has 0 aromatic heterocycles. The molecule has 0 bridgehead atoms. The second kappa shape index (κ2) is 9.61. The lowest BCUT2D eigenvalue weighted by atomic mass is 9.94. The Hall–Kier alpha value is -2.05. The van der Waals surface area contributed by atoms with E-state index in [4.69, 9.17) is 11.6 Å². The van der Waals surface area contributed by atoms with E-state index < -0.39 is 17.0 Å². The molecule has 0 spiro atoms. The van der Waals surface area contributed by atoms with Gasteiger partial charge in [0, 0.05) is 16.0 Å². The molecular weight excluding hydrogens is 435 g/mol. The molecule has 1 N–H and O–H groups in total. The Morgan fingerprint density at radius 3 is 2.71 bits per heavy atom. The van der Waals surface area contributed by atoms with Crippen LogP contribution in [0.15, 0.2) is 47.4 Å². The second-order valence-electron chi connectivity index (χ2n) is 8.30. The highest BCUT2D eigenvalue weighted by atomic mass is 35.5. The highest BCUT2D eigenvalue weighted by Crippen LogP contribution is 2.42. The highest BCUT2D eigenvalue weighted by Gasteiger charge is 2.40. The topological polar surface area (TPSA) is 49.4 Å². The third kappa shape index (κ3) is 4.90. The molecule has 0 unspecified atom stereocenters. The number of nitrogens with one attached hydrogen (secondary N) is 1. The lowest BCUT2D eigenvalue weighted by Crippen LogP contribution is -2.49. The standard InChI is InChI=1S/C24H26ClFN2O2S/c1-15(23(29)27-18-7-3-2-4-8-18)22-24(30)28(20-9-5-6-10-21(20)31-22)14-16-11-12-17(26)13-19(16)25/h5-6,9-13,15,18,22H,2-4,7-8,14H2,1H3,(H,27,29)/t15-,22+/m1/s1. The van der Waals surface area contributed by atoms with Gasteiger partial charge in [-0.1, -0.05) is 56.0 Å². The summed E-state index contributed by atoms with van der Waals surface area (Å²) < 4.78 is 13.5. The van der Waals surface area contributed by atoms with Crippen LogP contribution in [-0.4, -0.2) is 23.1 Å². The van der Waals surface area contributed by atoms with E-state index >= 15 is 0 Å². The van der Waals surface area contributed by atoms with Crippen molar-refractivity contribution in [2.45, 2.75) is 61.8 Å². The first-order valence-electron chi connectivity index (χ1n) is 10.8. The zero-order chi connectivity index (χ0) is 22.0. The lowest BCUT2D eigenvalue weighted by molar-refractivity contribution is -0.129. The summed E-state index contributed by atoms with van der Waals surface area (Å²) in [7, 11) is 0. The minimum absolute atomic E-state index is 0.0723. The van der Waals surface area contributed by atoms with Crippen LogP contribution < -0.4 is 10.2 Å². The van der Waals surface area contributed by atoms with Gasteiger partial charge in [-0.05, 0) is 42.7 Å². The summed E-state index contributed by atoms with van der Waals surface area (Å²) in [5.74, 6) is -1.09. The van der Waals surface area contributed by atoms with Crippen molar-refractivity contribution < 1.29 is 14.0 Å². The summed E-state index contributed by atoms with van der Waals surface area (Å²) in [5.41, 5.74) is 1.45. The van der Waals surface area contributed by atoms with Crippen molar-refractivity contribution in [3.63, 3.8) is 0 Å². The van der Waals surface area contributed by atoms with Gasteiger partial charge in [-0.15, -0.1) is 11.8 Å². The predicted molar refractivity (Wildman–Crippen MR) is 123 cm³/mol. The molecule has 2 aliphatic rings. The zero-order valence-electron chi connectivity index (χ0n) is 17.4. The average Bonchev–Trinajstić information content (AvgIpc) is 2.77. The fourth-order valence-electron chi connectivity index (χ4n) is 4.26. The number of fused-ring (bicyclic) bond motifs is 1. The van der Waals surface area contributed by atoms with Crippen LogP contribution in [0.4, 0.5) is 10.1 Å². The van der Waals surface area contributed by atoms with Gasteiger partial charge in [0.1, 0.15) is 11.1 Å². The largest absolute Gasteiger partial charge is 0.353 e. The summed E-state index contributed by atoms with van der Waals surface area (Å²) in [6.07, 6.45) is 5.49. The van der Waals surface area contributed by atoms with Crippen molar-refractivity contribution in [3.8, 4) is 0 Å². The van der Waals surface area contributed by atoms with Gasteiger partial charge in [0.25, 0.3) is 0 Å². The Morgan fingerprint density at radius 2 is 1.97 bits per heavy atom. The number of rotatable bonds is 5. The van der Waals surface area contributed by atoms with Crippen molar-refractivity contribution in [2.75, 3.05) is 4.90 Å². The number of nitrogens with zero attached hydrogens (tertiary/aromatic N) is 1. The molecule has 4 rings (SSSR count).